The third-order valence-electron chi connectivity index (χ3n) is 2.48. The summed E-state index contributed by atoms with van der Waals surface area (Å²) in [4.78, 5) is 20.4. The van der Waals surface area contributed by atoms with Crippen LogP contribution in [0.4, 0.5) is 5.69 Å². The Kier molecular flexibility index (Phi) is 3.72. The largest absolute Gasteiger partial charge is 0.320 e. The summed E-state index contributed by atoms with van der Waals surface area (Å²) in [5, 5.41) is 2.80. The van der Waals surface area contributed by atoms with Crippen LogP contribution in [0.3, 0.4) is 0 Å². The minimum Gasteiger partial charge on any atom is -0.320 e. The van der Waals surface area contributed by atoms with Gasteiger partial charge in [0.1, 0.15) is 4.60 Å². The lowest BCUT2D eigenvalue weighted by Gasteiger charge is -2.08. The number of aromatic nitrogens is 2. The van der Waals surface area contributed by atoms with Crippen LogP contribution in [-0.2, 0) is 0 Å². The number of amides is 1. The third kappa shape index (κ3) is 2.73. The fourth-order valence-corrected chi connectivity index (χ4v) is 1.94. The van der Waals surface area contributed by atoms with Crippen LogP contribution in [0.25, 0.3) is 0 Å². The first-order valence-electron chi connectivity index (χ1n) is 5.44. The standard InChI is InChI=1S/C13H12BrN3O/c1-8-5-6-10(9(2)16-8)13(18)17-11-4-3-7-15-12(11)14/h3-7H,1-2H3,(H,17,18). The minimum absolute atomic E-state index is 0.186. The zero-order chi connectivity index (χ0) is 13.1. The van der Waals surface area contributed by atoms with E-state index in [4.69, 9.17) is 0 Å². The van der Waals surface area contributed by atoms with Crippen LogP contribution in [0, 0.1) is 13.8 Å². The number of nitrogens with zero attached hydrogens (tertiary/aromatic N) is 2. The van der Waals surface area contributed by atoms with Crippen LogP contribution in [-0.4, -0.2) is 15.9 Å². The average molecular weight is 306 g/mol. The molecule has 0 saturated carbocycles. The van der Waals surface area contributed by atoms with Gasteiger partial charge in [0.25, 0.3) is 5.91 Å². The van der Waals surface area contributed by atoms with Gasteiger partial charge in [-0.25, -0.2) is 4.98 Å². The molecule has 2 heterocycles. The molecule has 0 fully saturated rings. The lowest BCUT2D eigenvalue weighted by molar-refractivity contribution is 0.102. The SMILES string of the molecule is Cc1ccc(C(=O)Nc2cccnc2Br)c(C)n1. The van der Waals surface area contributed by atoms with Gasteiger partial charge in [0, 0.05) is 11.9 Å². The minimum atomic E-state index is -0.186. The highest BCUT2D eigenvalue weighted by atomic mass is 79.9. The molecule has 0 bridgehead atoms. The normalized spacial score (nSPS) is 10.2. The van der Waals surface area contributed by atoms with Gasteiger partial charge in [-0.2, -0.15) is 0 Å². The molecular formula is C13H12BrN3O. The molecule has 1 amide bonds. The van der Waals surface area contributed by atoms with Crippen LogP contribution in [0.15, 0.2) is 35.1 Å². The van der Waals surface area contributed by atoms with Crippen molar-refractivity contribution >= 4 is 27.5 Å². The molecule has 18 heavy (non-hydrogen) atoms. The molecule has 4 nitrogen and oxygen atoms in total. The molecule has 0 spiro atoms. The first kappa shape index (κ1) is 12.7. The Morgan fingerprint density at radius 1 is 1.28 bits per heavy atom. The maximum Gasteiger partial charge on any atom is 0.257 e. The summed E-state index contributed by atoms with van der Waals surface area (Å²) in [5.74, 6) is -0.186. The number of hydrogen-bond donors (Lipinski definition) is 1. The number of halogens is 1. The number of rotatable bonds is 2. The van der Waals surface area contributed by atoms with Gasteiger partial charge in [0.15, 0.2) is 0 Å². The Bertz CT molecular complexity index is 599. The van der Waals surface area contributed by atoms with Gasteiger partial charge in [-0.1, -0.05) is 0 Å². The summed E-state index contributed by atoms with van der Waals surface area (Å²) in [6, 6.07) is 7.14. The van der Waals surface area contributed by atoms with Crippen LogP contribution >= 0.6 is 15.9 Å². The molecule has 0 saturated heterocycles. The van der Waals surface area contributed by atoms with E-state index in [1.54, 1.807) is 24.4 Å². The summed E-state index contributed by atoms with van der Waals surface area (Å²) in [6.07, 6.45) is 1.65. The molecular weight excluding hydrogens is 294 g/mol. The molecule has 2 aromatic heterocycles. The number of carbonyl (C=O) groups is 1. The number of aryl methyl sites for hydroxylation is 2. The summed E-state index contributed by atoms with van der Waals surface area (Å²) in [7, 11) is 0. The highest BCUT2D eigenvalue weighted by Crippen LogP contribution is 2.19. The van der Waals surface area contributed by atoms with E-state index < -0.39 is 0 Å². The van der Waals surface area contributed by atoms with Crippen molar-refractivity contribution in [3.05, 3.63) is 52.0 Å². The van der Waals surface area contributed by atoms with Crippen molar-refractivity contribution in [3.8, 4) is 0 Å². The Hall–Kier alpha value is -1.75. The molecule has 0 unspecified atom stereocenters. The van der Waals surface area contributed by atoms with Crippen molar-refractivity contribution in [2.45, 2.75) is 13.8 Å². The monoisotopic (exact) mass is 305 g/mol. The molecule has 0 aliphatic heterocycles. The topological polar surface area (TPSA) is 54.9 Å². The van der Waals surface area contributed by atoms with Gasteiger partial charge in [-0.3, -0.25) is 9.78 Å². The second kappa shape index (κ2) is 5.27. The summed E-state index contributed by atoms with van der Waals surface area (Å²) in [6.45, 7) is 3.71. The van der Waals surface area contributed by atoms with Crippen LogP contribution in [0.2, 0.25) is 0 Å². The molecule has 1 N–H and O–H groups in total. The molecule has 0 aliphatic rings. The fraction of sp³-hybridized carbons (Fsp3) is 0.154. The molecule has 2 rings (SSSR count). The zero-order valence-electron chi connectivity index (χ0n) is 10.1. The Morgan fingerprint density at radius 2 is 2.06 bits per heavy atom. The Balaban J connectivity index is 2.25. The average Bonchev–Trinajstić information content (AvgIpc) is 2.32. The van der Waals surface area contributed by atoms with Gasteiger partial charge in [0.05, 0.1) is 16.9 Å². The number of hydrogen-bond acceptors (Lipinski definition) is 3. The van der Waals surface area contributed by atoms with Crippen molar-refractivity contribution in [2.75, 3.05) is 5.32 Å². The number of nitrogens with one attached hydrogen (secondary N) is 1. The second-order valence-corrected chi connectivity index (χ2v) is 4.63. The second-order valence-electron chi connectivity index (χ2n) is 3.88. The molecule has 0 aromatic carbocycles. The van der Waals surface area contributed by atoms with Gasteiger partial charge >= 0.3 is 0 Å². The molecule has 0 atom stereocenters. The van der Waals surface area contributed by atoms with E-state index in [0.29, 0.717) is 21.5 Å². The lowest BCUT2D eigenvalue weighted by Crippen LogP contribution is -2.14. The van der Waals surface area contributed by atoms with Crippen molar-refractivity contribution in [1.29, 1.82) is 0 Å². The van der Waals surface area contributed by atoms with Crippen LogP contribution in [0.5, 0.6) is 0 Å². The summed E-state index contributed by atoms with van der Waals surface area (Å²) >= 11 is 3.29. The van der Waals surface area contributed by atoms with E-state index in [9.17, 15) is 4.79 Å². The van der Waals surface area contributed by atoms with Gasteiger partial charge in [-0.15, -0.1) is 0 Å². The zero-order valence-corrected chi connectivity index (χ0v) is 11.7. The maximum absolute atomic E-state index is 12.1. The van der Waals surface area contributed by atoms with Crippen molar-refractivity contribution < 1.29 is 4.79 Å². The number of carbonyl (C=O) groups excluding carboxylic acids is 1. The highest BCUT2D eigenvalue weighted by Gasteiger charge is 2.11. The number of anilines is 1. The van der Waals surface area contributed by atoms with E-state index in [1.807, 2.05) is 19.9 Å². The molecule has 0 aliphatic carbocycles. The molecule has 2 aromatic rings. The van der Waals surface area contributed by atoms with E-state index in [-0.39, 0.29) is 5.91 Å². The predicted octanol–water partition coefficient (Wildman–Crippen LogP) is 3.11. The Morgan fingerprint density at radius 3 is 2.72 bits per heavy atom. The third-order valence-corrected chi connectivity index (χ3v) is 3.11. The smallest absolute Gasteiger partial charge is 0.257 e. The van der Waals surface area contributed by atoms with Gasteiger partial charge in [-0.05, 0) is 54.0 Å². The molecule has 0 radical (unpaired) electrons. The van der Waals surface area contributed by atoms with Gasteiger partial charge in [0.2, 0.25) is 0 Å². The van der Waals surface area contributed by atoms with Crippen molar-refractivity contribution in [1.82, 2.24) is 9.97 Å². The van der Waals surface area contributed by atoms with Gasteiger partial charge < -0.3 is 5.32 Å². The van der Waals surface area contributed by atoms with Crippen LogP contribution < -0.4 is 5.32 Å². The highest BCUT2D eigenvalue weighted by molar-refractivity contribution is 9.10. The first-order valence-corrected chi connectivity index (χ1v) is 6.23. The lowest BCUT2D eigenvalue weighted by atomic mass is 10.1. The van der Waals surface area contributed by atoms with Crippen molar-refractivity contribution in [3.63, 3.8) is 0 Å². The quantitative estimate of drug-likeness (QED) is 0.867. The Labute approximate surface area is 114 Å². The molecule has 5 heteroatoms. The van der Waals surface area contributed by atoms with E-state index in [0.717, 1.165) is 5.69 Å². The summed E-state index contributed by atoms with van der Waals surface area (Å²) < 4.78 is 0.607. The number of pyridine rings is 2. The fourth-order valence-electron chi connectivity index (χ4n) is 1.60. The summed E-state index contributed by atoms with van der Waals surface area (Å²) in [5.41, 5.74) is 2.82. The predicted molar refractivity (Wildman–Crippen MR) is 73.6 cm³/mol. The van der Waals surface area contributed by atoms with E-state index in [1.165, 1.54) is 0 Å². The van der Waals surface area contributed by atoms with Crippen molar-refractivity contribution in [2.24, 2.45) is 0 Å². The van der Waals surface area contributed by atoms with E-state index >= 15 is 0 Å². The van der Waals surface area contributed by atoms with Crippen LogP contribution in [0.1, 0.15) is 21.7 Å². The first-order chi connectivity index (χ1) is 8.58. The maximum atomic E-state index is 12.1. The molecule has 92 valence electrons. The van der Waals surface area contributed by atoms with E-state index in [2.05, 4.69) is 31.2 Å².